The van der Waals surface area contributed by atoms with E-state index in [0.717, 1.165) is 18.4 Å². The molecule has 0 aliphatic rings. The maximum absolute atomic E-state index is 6.05. The molecule has 0 radical (unpaired) electrons. The molecule has 0 spiro atoms. The number of imidazole rings is 1. The van der Waals surface area contributed by atoms with Gasteiger partial charge in [-0.15, -0.1) is 0 Å². The molecule has 0 unspecified atom stereocenters. The maximum Gasteiger partial charge on any atom is 0.320 e. The predicted molar refractivity (Wildman–Crippen MR) is 97.0 cm³/mol. The molecule has 0 atom stereocenters. The summed E-state index contributed by atoms with van der Waals surface area (Å²) in [6.07, 6.45) is 1.98. The quantitative estimate of drug-likeness (QED) is 0.665. The first-order chi connectivity index (χ1) is 12.1. The van der Waals surface area contributed by atoms with Crippen LogP contribution in [0.4, 0.5) is 5.82 Å². The van der Waals surface area contributed by atoms with Crippen molar-refractivity contribution < 1.29 is 9.47 Å². The van der Waals surface area contributed by atoms with Crippen molar-refractivity contribution in [3.63, 3.8) is 0 Å². The van der Waals surface area contributed by atoms with E-state index >= 15 is 0 Å². The molecule has 0 aliphatic carbocycles. The smallest absolute Gasteiger partial charge is 0.320 e. The van der Waals surface area contributed by atoms with Crippen molar-refractivity contribution in [2.45, 2.75) is 33.2 Å². The number of anilines is 1. The highest BCUT2D eigenvalue weighted by Gasteiger charge is 2.18. The van der Waals surface area contributed by atoms with Gasteiger partial charge < -0.3 is 15.2 Å². The Labute approximate surface area is 146 Å². The van der Waals surface area contributed by atoms with Crippen LogP contribution in [0.15, 0.2) is 24.3 Å². The Morgan fingerprint density at radius 1 is 1.12 bits per heavy atom. The number of fused-ring (bicyclic) bond motifs is 1. The third-order valence-electron chi connectivity index (χ3n) is 3.94. The topological polar surface area (TPSA) is 88.1 Å². The molecular formula is C18H23N5O2. The van der Waals surface area contributed by atoms with Gasteiger partial charge in [0.25, 0.3) is 6.01 Å². The number of ether oxygens (including phenoxy) is 2. The van der Waals surface area contributed by atoms with E-state index in [4.69, 9.17) is 15.2 Å². The second kappa shape index (κ2) is 7.38. The highest BCUT2D eigenvalue weighted by molar-refractivity contribution is 5.83. The number of hydrogen-bond acceptors (Lipinski definition) is 6. The first-order valence-corrected chi connectivity index (χ1v) is 8.38. The number of nitrogens with zero attached hydrogens (tertiary/aromatic N) is 4. The Kier molecular flexibility index (Phi) is 5.02. The van der Waals surface area contributed by atoms with E-state index < -0.39 is 0 Å². The number of aryl methyl sites for hydroxylation is 1. The van der Waals surface area contributed by atoms with Crippen LogP contribution in [0.5, 0.6) is 12.0 Å². The average Bonchev–Trinajstić information content (AvgIpc) is 2.95. The van der Waals surface area contributed by atoms with E-state index in [1.54, 1.807) is 7.11 Å². The van der Waals surface area contributed by atoms with E-state index in [9.17, 15) is 0 Å². The summed E-state index contributed by atoms with van der Waals surface area (Å²) >= 11 is 0. The maximum atomic E-state index is 6.05. The summed E-state index contributed by atoms with van der Waals surface area (Å²) in [7, 11) is 1.58. The fraction of sp³-hybridized carbons (Fsp3) is 0.389. The normalized spacial score (nSPS) is 11.0. The third kappa shape index (κ3) is 3.65. The molecule has 25 heavy (non-hydrogen) atoms. The number of aromatic nitrogens is 4. The minimum absolute atomic E-state index is 0.270. The molecule has 0 aliphatic heterocycles. The van der Waals surface area contributed by atoms with Gasteiger partial charge in [-0.2, -0.15) is 15.0 Å². The van der Waals surface area contributed by atoms with Crippen LogP contribution in [-0.4, -0.2) is 33.2 Å². The number of nitrogens with two attached hydrogens (primary N) is 1. The van der Waals surface area contributed by atoms with E-state index in [1.807, 2.05) is 4.57 Å². The Morgan fingerprint density at radius 3 is 2.56 bits per heavy atom. The summed E-state index contributed by atoms with van der Waals surface area (Å²) in [4.78, 5) is 13.1. The molecule has 0 amide bonds. The van der Waals surface area contributed by atoms with Crippen LogP contribution in [0, 0.1) is 6.92 Å². The fourth-order valence-electron chi connectivity index (χ4n) is 2.53. The number of nitrogen functional groups attached to an aromatic ring is 1. The van der Waals surface area contributed by atoms with Crippen molar-refractivity contribution in [3.05, 3.63) is 35.4 Å². The number of rotatable bonds is 7. The Hall–Kier alpha value is -2.83. The van der Waals surface area contributed by atoms with E-state index in [2.05, 4.69) is 53.1 Å². The van der Waals surface area contributed by atoms with Crippen LogP contribution < -0.4 is 15.2 Å². The summed E-state index contributed by atoms with van der Waals surface area (Å²) in [5.41, 5.74) is 9.51. The standard InChI is InChI=1S/C18H23N5O2/c1-4-5-10-25-17-21-15(19)14-16(22-17)23(18(20-14)24-3)11-13-8-6-12(2)7-9-13/h6-9H,4-5,10-11H2,1-3H3,(H2,19,21,22). The average molecular weight is 341 g/mol. The van der Waals surface area contributed by atoms with Crippen molar-refractivity contribution in [1.29, 1.82) is 0 Å². The molecule has 7 nitrogen and oxygen atoms in total. The predicted octanol–water partition coefficient (Wildman–Crippen LogP) is 2.95. The van der Waals surface area contributed by atoms with Crippen molar-refractivity contribution in [1.82, 2.24) is 19.5 Å². The first kappa shape index (κ1) is 17.0. The largest absolute Gasteiger partial charge is 0.468 e. The van der Waals surface area contributed by atoms with Gasteiger partial charge in [0, 0.05) is 0 Å². The molecule has 0 saturated carbocycles. The molecule has 2 heterocycles. The van der Waals surface area contributed by atoms with Crippen molar-refractivity contribution in [2.75, 3.05) is 19.5 Å². The van der Waals surface area contributed by atoms with Gasteiger partial charge in [0.05, 0.1) is 20.3 Å². The van der Waals surface area contributed by atoms with Gasteiger partial charge in [-0.25, -0.2) is 0 Å². The number of unbranched alkanes of at least 4 members (excludes halogenated alkanes) is 1. The van der Waals surface area contributed by atoms with E-state index in [1.165, 1.54) is 5.56 Å². The molecular weight excluding hydrogens is 318 g/mol. The summed E-state index contributed by atoms with van der Waals surface area (Å²) < 4.78 is 12.9. The van der Waals surface area contributed by atoms with Crippen LogP contribution in [0.25, 0.3) is 11.2 Å². The van der Waals surface area contributed by atoms with Crippen LogP contribution in [0.2, 0.25) is 0 Å². The van der Waals surface area contributed by atoms with Gasteiger partial charge in [-0.05, 0) is 18.9 Å². The van der Waals surface area contributed by atoms with E-state index in [0.29, 0.717) is 30.3 Å². The lowest BCUT2D eigenvalue weighted by molar-refractivity contribution is 0.286. The number of methoxy groups -OCH3 is 1. The zero-order valence-corrected chi connectivity index (χ0v) is 14.8. The zero-order valence-electron chi connectivity index (χ0n) is 14.8. The highest BCUT2D eigenvalue weighted by Crippen LogP contribution is 2.26. The van der Waals surface area contributed by atoms with Gasteiger partial charge >= 0.3 is 6.01 Å². The van der Waals surface area contributed by atoms with Crippen LogP contribution >= 0.6 is 0 Å². The fourth-order valence-corrected chi connectivity index (χ4v) is 2.53. The lowest BCUT2D eigenvalue weighted by Gasteiger charge is -2.09. The van der Waals surface area contributed by atoms with Gasteiger partial charge in [-0.1, -0.05) is 43.2 Å². The summed E-state index contributed by atoms with van der Waals surface area (Å²) in [6.45, 7) is 5.30. The first-order valence-electron chi connectivity index (χ1n) is 8.38. The molecule has 3 rings (SSSR count). The molecule has 7 heteroatoms. The summed E-state index contributed by atoms with van der Waals surface area (Å²) in [5.74, 6) is 0.289. The highest BCUT2D eigenvalue weighted by atomic mass is 16.5. The van der Waals surface area contributed by atoms with E-state index in [-0.39, 0.29) is 11.8 Å². The van der Waals surface area contributed by atoms with Crippen molar-refractivity contribution in [3.8, 4) is 12.0 Å². The SMILES string of the molecule is CCCCOc1nc(N)c2nc(OC)n(Cc3ccc(C)cc3)c2n1. The van der Waals surface area contributed by atoms with Gasteiger partial charge in [0.15, 0.2) is 17.0 Å². The van der Waals surface area contributed by atoms with Crippen molar-refractivity contribution >= 4 is 17.0 Å². The monoisotopic (exact) mass is 341 g/mol. The zero-order chi connectivity index (χ0) is 17.8. The van der Waals surface area contributed by atoms with Gasteiger partial charge in [-0.3, -0.25) is 4.57 Å². The molecule has 1 aromatic carbocycles. The molecule has 0 saturated heterocycles. The molecule has 2 N–H and O–H groups in total. The Bertz CT molecular complexity index is 858. The third-order valence-corrected chi connectivity index (χ3v) is 3.94. The van der Waals surface area contributed by atoms with Crippen LogP contribution in [0.1, 0.15) is 30.9 Å². The molecule has 3 aromatic rings. The van der Waals surface area contributed by atoms with Gasteiger partial charge in [0.1, 0.15) is 0 Å². The van der Waals surface area contributed by atoms with Crippen LogP contribution in [0.3, 0.4) is 0 Å². The molecule has 2 aromatic heterocycles. The van der Waals surface area contributed by atoms with Gasteiger partial charge in [0.2, 0.25) is 0 Å². The summed E-state index contributed by atoms with van der Waals surface area (Å²) in [5, 5.41) is 0. The minimum Gasteiger partial charge on any atom is -0.468 e. The Morgan fingerprint density at radius 2 is 1.88 bits per heavy atom. The Balaban J connectivity index is 2.00. The lowest BCUT2D eigenvalue weighted by atomic mass is 10.1. The number of benzene rings is 1. The minimum atomic E-state index is 0.270. The van der Waals surface area contributed by atoms with Crippen LogP contribution in [-0.2, 0) is 6.54 Å². The summed E-state index contributed by atoms with van der Waals surface area (Å²) in [6, 6.07) is 9.01. The molecule has 0 bridgehead atoms. The molecule has 132 valence electrons. The second-order valence-electron chi connectivity index (χ2n) is 5.94. The molecule has 0 fully saturated rings. The van der Waals surface area contributed by atoms with Crippen molar-refractivity contribution in [2.24, 2.45) is 0 Å². The number of hydrogen-bond donors (Lipinski definition) is 1. The lowest BCUT2D eigenvalue weighted by Crippen LogP contribution is -2.07. The second-order valence-corrected chi connectivity index (χ2v) is 5.94.